The second-order valence-electron chi connectivity index (χ2n) is 4.32. The maximum atomic E-state index is 11.8. The van der Waals surface area contributed by atoms with Gasteiger partial charge in [0.2, 0.25) is 0 Å². The Kier molecular flexibility index (Phi) is 5.24. The molecule has 0 aromatic carbocycles. The summed E-state index contributed by atoms with van der Waals surface area (Å²) in [7, 11) is 0. The summed E-state index contributed by atoms with van der Waals surface area (Å²) >= 11 is 0. The molecule has 0 bridgehead atoms. The molecule has 6 heteroatoms. The molecule has 6 nitrogen and oxygen atoms in total. The Morgan fingerprint density at radius 2 is 2.11 bits per heavy atom. The Morgan fingerprint density at radius 1 is 1.42 bits per heavy atom. The third-order valence-corrected chi connectivity index (χ3v) is 2.78. The molecule has 0 fully saturated rings. The number of hydrogen-bond acceptors (Lipinski definition) is 4. The van der Waals surface area contributed by atoms with E-state index in [-0.39, 0.29) is 17.5 Å². The van der Waals surface area contributed by atoms with Crippen LogP contribution in [0.2, 0.25) is 0 Å². The summed E-state index contributed by atoms with van der Waals surface area (Å²) in [5.74, 6) is 2.70. The van der Waals surface area contributed by atoms with Crippen molar-refractivity contribution in [1.29, 1.82) is 0 Å². The van der Waals surface area contributed by atoms with Gasteiger partial charge in [-0.15, -0.1) is 6.42 Å². The maximum absolute atomic E-state index is 11.8. The summed E-state index contributed by atoms with van der Waals surface area (Å²) in [6, 6.07) is -0.277. The minimum absolute atomic E-state index is 0.131. The van der Waals surface area contributed by atoms with Gasteiger partial charge in [0.05, 0.1) is 6.04 Å². The molecule has 1 heterocycles. The molecule has 0 radical (unpaired) electrons. The molecular weight excluding hydrogens is 244 g/mol. The molecular formula is C13H20N4O2. The van der Waals surface area contributed by atoms with Gasteiger partial charge in [-0.3, -0.25) is 14.3 Å². The maximum Gasteiger partial charge on any atom is 0.330 e. The van der Waals surface area contributed by atoms with Gasteiger partial charge >= 0.3 is 5.69 Å². The van der Waals surface area contributed by atoms with Crippen LogP contribution in [0.1, 0.15) is 33.1 Å². The van der Waals surface area contributed by atoms with Gasteiger partial charge in [-0.05, 0) is 12.8 Å². The minimum atomic E-state index is -0.536. The number of aromatic nitrogens is 2. The molecule has 0 saturated heterocycles. The number of hydrogen-bond donors (Lipinski definition) is 3. The first-order valence-corrected chi connectivity index (χ1v) is 6.40. The number of nitrogens with zero attached hydrogens (tertiary/aromatic N) is 1. The van der Waals surface area contributed by atoms with Gasteiger partial charge in [0.25, 0.3) is 5.56 Å². The van der Waals surface area contributed by atoms with E-state index >= 15 is 0 Å². The molecule has 0 spiro atoms. The highest BCUT2D eigenvalue weighted by Gasteiger charge is 2.14. The Labute approximate surface area is 112 Å². The molecule has 0 amide bonds. The number of rotatable bonds is 6. The van der Waals surface area contributed by atoms with Gasteiger partial charge < -0.3 is 11.1 Å². The van der Waals surface area contributed by atoms with E-state index < -0.39 is 11.2 Å². The first kappa shape index (κ1) is 14.9. The average Bonchev–Trinajstić information content (AvgIpc) is 2.38. The second-order valence-corrected chi connectivity index (χ2v) is 4.32. The molecule has 104 valence electrons. The summed E-state index contributed by atoms with van der Waals surface area (Å²) in [5.41, 5.74) is 5.02. The van der Waals surface area contributed by atoms with Crippen molar-refractivity contribution < 1.29 is 0 Å². The quantitative estimate of drug-likeness (QED) is 0.661. The highest BCUT2D eigenvalue weighted by Crippen LogP contribution is 2.13. The van der Waals surface area contributed by atoms with Crippen molar-refractivity contribution in [2.24, 2.45) is 0 Å². The van der Waals surface area contributed by atoms with E-state index in [4.69, 9.17) is 12.2 Å². The Balaban J connectivity index is 3.21. The van der Waals surface area contributed by atoms with Gasteiger partial charge in [-0.1, -0.05) is 26.2 Å². The van der Waals surface area contributed by atoms with Gasteiger partial charge in [-0.2, -0.15) is 0 Å². The third kappa shape index (κ3) is 3.41. The Bertz CT molecular complexity index is 580. The van der Waals surface area contributed by atoms with Crippen molar-refractivity contribution in [3.63, 3.8) is 0 Å². The summed E-state index contributed by atoms with van der Waals surface area (Å²) in [5, 5.41) is 2.93. The zero-order valence-corrected chi connectivity index (χ0v) is 11.3. The molecule has 0 aliphatic rings. The zero-order valence-electron chi connectivity index (χ0n) is 11.3. The smallest absolute Gasteiger partial charge is 0.330 e. The van der Waals surface area contributed by atoms with E-state index in [1.54, 1.807) is 0 Å². The van der Waals surface area contributed by atoms with Crippen LogP contribution in [0.4, 0.5) is 11.5 Å². The lowest BCUT2D eigenvalue weighted by molar-refractivity contribution is 0.641. The molecule has 1 aromatic rings. The minimum Gasteiger partial charge on any atom is -0.383 e. The number of H-pyrrole nitrogens is 1. The van der Waals surface area contributed by atoms with Crippen molar-refractivity contribution in [1.82, 2.24) is 9.55 Å². The van der Waals surface area contributed by atoms with Crippen LogP contribution in [-0.2, 0) is 6.54 Å². The molecule has 1 unspecified atom stereocenters. The first-order valence-electron chi connectivity index (χ1n) is 6.40. The Morgan fingerprint density at radius 3 is 2.63 bits per heavy atom. The van der Waals surface area contributed by atoms with Crippen molar-refractivity contribution in [3.8, 4) is 12.3 Å². The van der Waals surface area contributed by atoms with Gasteiger partial charge in [0.15, 0.2) is 0 Å². The summed E-state index contributed by atoms with van der Waals surface area (Å²) in [6.07, 6.45) is 7.75. The fraction of sp³-hybridized carbons (Fsp3) is 0.538. The molecule has 0 aliphatic carbocycles. The van der Waals surface area contributed by atoms with E-state index in [2.05, 4.69) is 16.2 Å². The fourth-order valence-corrected chi connectivity index (χ4v) is 1.83. The van der Waals surface area contributed by atoms with Crippen LogP contribution >= 0.6 is 0 Å². The fourth-order valence-electron chi connectivity index (χ4n) is 1.83. The third-order valence-electron chi connectivity index (χ3n) is 2.78. The van der Waals surface area contributed by atoms with Crippen LogP contribution < -0.4 is 22.3 Å². The van der Waals surface area contributed by atoms with Gasteiger partial charge in [-0.25, -0.2) is 4.79 Å². The predicted molar refractivity (Wildman–Crippen MR) is 77.2 cm³/mol. The normalized spacial score (nSPS) is 11.8. The van der Waals surface area contributed by atoms with E-state index in [1.807, 2.05) is 13.8 Å². The molecule has 19 heavy (non-hydrogen) atoms. The van der Waals surface area contributed by atoms with Crippen LogP contribution in [0.25, 0.3) is 0 Å². The highest BCUT2D eigenvalue weighted by atomic mass is 16.2. The largest absolute Gasteiger partial charge is 0.383 e. The number of aromatic amines is 1. The van der Waals surface area contributed by atoms with Crippen molar-refractivity contribution in [2.75, 3.05) is 11.1 Å². The first-order chi connectivity index (χ1) is 9.04. The molecule has 4 N–H and O–H groups in total. The van der Waals surface area contributed by atoms with Crippen molar-refractivity contribution >= 4 is 11.5 Å². The SMILES string of the molecule is C#CC(CCC)Nc1c(N)n(CCC)c(=O)[nH]c1=O. The summed E-state index contributed by atoms with van der Waals surface area (Å²) in [6.45, 7) is 4.37. The molecule has 1 aromatic heterocycles. The average molecular weight is 264 g/mol. The number of anilines is 2. The van der Waals surface area contributed by atoms with Crippen molar-refractivity contribution in [2.45, 2.75) is 45.7 Å². The molecule has 0 aliphatic heterocycles. The van der Waals surface area contributed by atoms with Crippen LogP contribution in [0.3, 0.4) is 0 Å². The predicted octanol–water partition coefficient (Wildman–Crippen LogP) is 0.743. The standard InChI is InChI=1S/C13H20N4O2/c1-4-7-9(6-3)15-10-11(14)17(8-5-2)13(19)16-12(10)18/h3,9,15H,4-5,7-8,14H2,1-2H3,(H,16,18,19). The highest BCUT2D eigenvalue weighted by molar-refractivity contribution is 5.61. The number of nitrogens with two attached hydrogens (primary N) is 1. The number of nitrogens with one attached hydrogen (secondary N) is 2. The van der Waals surface area contributed by atoms with Gasteiger partial charge in [0.1, 0.15) is 11.5 Å². The topological polar surface area (TPSA) is 92.9 Å². The molecule has 1 rings (SSSR count). The van der Waals surface area contributed by atoms with Crippen LogP contribution in [-0.4, -0.2) is 15.6 Å². The second kappa shape index (κ2) is 6.69. The summed E-state index contributed by atoms with van der Waals surface area (Å²) in [4.78, 5) is 25.7. The van der Waals surface area contributed by atoms with Crippen LogP contribution in [0.5, 0.6) is 0 Å². The van der Waals surface area contributed by atoms with E-state index in [0.29, 0.717) is 6.54 Å². The van der Waals surface area contributed by atoms with Crippen LogP contribution in [0.15, 0.2) is 9.59 Å². The lowest BCUT2D eigenvalue weighted by Crippen LogP contribution is -2.35. The lowest BCUT2D eigenvalue weighted by Gasteiger charge is -2.16. The van der Waals surface area contributed by atoms with Crippen molar-refractivity contribution in [3.05, 3.63) is 20.8 Å². The van der Waals surface area contributed by atoms with E-state index in [0.717, 1.165) is 19.3 Å². The molecule has 0 saturated carbocycles. The van der Waals surface area contributed by atoms with Crippen LogP contribution in [0, 0.1) is 12.3 Å². The zero-order chi connectivity index (χ0) is 14.4. The van der Waals surface area contributed by atoms with E-state index in [9.17, 15) is 9.59 Å². The lowest BCUT2D eigenvalue weighted by atomic mass is 10.2. The summed E-state index contributed by atoms with van der Waals surface area (Å²) < 4.78 is 1.34. The van der Waals surface area contributed by atoms with Gasteiger partial charge in [0, 0.05) is 6.54 Å². The number of terminal acetylenes is 1. The molecule has 1 atom stereocenters. The monoisotopic (exact) mass is 264 g/mol. The number of nitrogen functional groups attached to an aromatic ring is 1. The van der Waals surface area contributed by atoms with E-state index in [1.165, 1.54) is 4.57 Å². The Hall–Kier alpha value is -2.16.